The van der Waals surface area contributed by atoms with E-state index in [9.17, 15) is 55.2 Å². The number of phenols is 8. The molecule has 0 spiro atoms. The molecule has 0 aliphatic heterocycles. The van der Waals surface area contributed by atoms with E-state index in [1.165, 1.54) is 72.8 Å². The molecule has 1 aliphatic carbocycles. The van der Waals surface area contributed by atoms with Crippen LogP contribution in [-0.4, -0.2) is 58.2 Å². The van der Waals surface area contributed by atoms with E-state index in [1.54, 1.807) is 42.5 Å². The van der Waals surface area contributed by atoms with Gasteiger partial charge in [0.15, 0.2) is 28.8 Å². The van der Waals surface area contributed by atoms with E-state index in [0.717, 1.165) is 18.2 Å². The number of carbonyl (C=O) groups is 3. The van der Waals surface area contributed by atoms with Gasteiger partial charge in [0.2, 0.25) is 0 Å². The van der Waals surface area contributed by atoms with Crippen LogP contribution in [0.5, 0.6) is 57.5 Å². The molecule has 12 nitrogen and oxygen atoms in total. The van der Waals surface area contributed by atoms with E-state index in [1.807, 2.05) is 0 Å². The Labute approximate surface area is 324 Å². The minimum Gasteiger partial charge on any atom is -0.508 e. The Kier molecular flexibility index (Phi) is 10.0. The lowest BCUT2D eigenvalue weighted by Crippen LogP contribution is -2.51. The number of aromatic hydroxyl groups is 8. The molecule has 1 aliphatic rings. The van der Waals surface area contributed by atoms with Gasteiger partial charge in [0, 0.05) is 41.9 Å². The number of allylic oxidation sites excluding steroid dienone is 1. The van der Waals surface area contributed by atoms with Gasteiger partial charge in [0.05, 0.1) is 16.7 Å². The number of rotatable bonds is 11. The number of phenolic OH excluding ortho intramolecular Hbond substituents is 8. The molecule has 12 heteroatoms. The van der Waals surface area contributed by atoms with Crippen LogP contribution in [0.1, 0.15) is 59.6 Å². The van der Waals surface area contributed by atoms with Crippen molar-refractivity contribution in [2.75, 3.05) is 0 Å². The van der Waals surface area contributed by atoms with Crippen molar-refractivity contribution in [1.29, 1.82) is 0 Å². The van der Waals surface area contributed by atoms with Crippen LogP contribution in [0, 0.1) is 11.8 Å². The Hall–Kier alpha value is -7.73. The summed E-state index contributed by atoms with van der Waals surface area (Å²) in [5.41, 5.74) is 1.32. The first kappa shape index (κ1) is 37.6. The summed E-state index contributed by atoms with van der Waals surface area (Å²) in [6, 6.07) is 27.8. The van der Waals surface area contributed by atoms with Gasteiger partial charge in [-0.25, -0.2) is 0 Å². The highest BCUT2D eigenvalue weighted by Crippen LogP contribution is 2.61. The largest absolute Gasteiger partial charge is 0.508 e. The summed E-state index contributed by atoms with van der Waals surface area (Å²) in [7, 11) is 0. The standard InChI is InChI=1S/C45H34O12/c46-26-7-4-24(5-8-26)40-41(43(45(56)33-16-11-29(49)22-37(33)53)42(40)44(55)32-15-10-28(48)21-36(32)52)25-6-18-39(38(54)19-25)57-30-12-1-23(2-13-30)3-17-34(50)31-14-9-27(47)20-35(31)51/h1-22,40-43,46-49,51-54H/b17-3+/t40-,41-,42+,43+/m0/s1. The van der Waals surface area contributed by atoms with Crippen LogP contribution in [0.2, 0.25) is 0 Å². The Morgan fingerprint density at radius 1 is 0.456 bits per heavy atom. The van der Waals surface area contributed by atoms with Crippen LogP contribution >= 0.6 is 0 Å². The molecule has 6 aromatic carbocycles. The first-order chi connectivity index (χ1) is 27.3. The maximum Gasteiger partial charge on any atom is 0.189 e. The van der Waals surface area contributed by atoms with E-state index in [2.05, 4.69) is 0 Å². The minimum atomic E-state index is -1.17. The predicted octanol–water partition coefficient (Wildman–Crippen LogP) is 7.90. The SMILES string of the molecule is O=C(/C=C/c1ccc(Oc2ccc([C@@H]3[C@@H](C(=O)c4ccc(O)cc4O)[C@H](C(=O)c4ccc(O)cc4O)[C@H]3c3ccc(O)cc3)cc2O)cc1)c1ccc(O)cc1O. The molecule has 0 aromatic heterocycles. The molecule has 0 saturated heterocycles. The molecule has 57 heavy (non-hydrogen) atoms. The van der Waals surface area contributed by atoms with Crippen LogP contribution in [0.4, 0.5) is 0 Å². The molecule has 1 saturated carbocycles. The second-order valence-corrected chi connectivity index (χ2v) is 13.6. The highest BCUT2D eigenvalue weighted by atomic mass is 16.5. The van der Waals surface area contributed by atoms with E-state index in [0.29, 0.717) is 22.4 Å². The zero-order chi connectivity index (χ0) is 40.5. The Bertz CT molecular complexity index is 2560. The maximum atomic E-state index is 14.4. The molecule has 0 radical (unpaired) electrons. The smallest absolute Gasteiger partial charge is 0.189 e. The van der Waals surface area contributed by atoms with Crippen molar-refractivity contribution in [3.8, 4) is 57.5 Å². The van der Waals surface area contributed by atoms with Gasteiger partial charge in [-0.05, 0) is 95.6 Å². The second-order valence-electron chi connectivity index (χ2n) is 13.6. The quantitative estimate of drug-likeness (QED) is 0.0466. The molecule has 8 N–H and O–H groups in total. The first-order valence-electron chi connectivity index (χ1n) is 17.6. The van der Waals surface area contributed by atoms with Crippen LogP contribution in [0.25, 0.3) is 6.08 Å². The average Bonchev–Trinajstić information content (AvgIpc) is 3.15. The number of hydrogen-bond donors (Lipinski definition) is 8. The van der Waals surface area contributed by atoms with Crippen LogP contribution in [0.3, 0.4) is 0 Å². The zero-order valence-corrected chi connectivity index (χ0v) is 29.7. The Morgan fingerprint density at radius 3 is 1.40 bits per heavy atom. The fourth-order valence-electron chi connectivity index (χ4n) is 7.33. The number of ketones is 3. The Balaban J connectivity index is 1.20. The monoisotopic (exact) mass is 766 g/mol. The lowest BCUT2D eigenvalue weighted by atomic mass is 9.49. The number of hydrogen-bond acceptors (Lipinski definition) is 12. The van der Waals surface area contributed by atoms with Gasteiger partial charge < -0.3 is 45.6 Å². The molecule has 1 fully saturated rings. The summed E-state index contributed by atoms with van der Waals surface area (Å²) >= 11 is 0. The van der Waals surface area contributed by atoms with Gasteiger partial charge in [-0.3, -0.25) is 14.4 Å². The lowest BCUT2D eigenvalue weighted by molar-refractivity contribution is 0.0452. The maximum absolute atomic E-state index is 14.4. The van der Waals surface area contributed by atoms with Crippen molar-refractivity contribution in [3.05, 3.63) is 161 Å². The number of ether oxygens (including phenoxy) is 1. The summed E-state index contributed by atoms with van der Waals surface area (Å²) < 4.78 is 5.96. The summed E-state index contributed by atoms with van der Waals surface area (Å²) in [4.78, 5) is 41.3. The van der Waals surface area contributed by atoms with Crippen molar-refractivity contribution >= 4 is 23.4 Å². The van der Waals surface area contributed by atoms with Crippen molar-refractivity contribution in [3.63, 3.8) is 0 Å². The summed E-state index contributed by atoms with van der Waals surface area (Å²) in [6.45, 7) is 0. The van der Waals surface area contributed by atoms with Gasteiger partial charge in [-0.15, -0.1) is 0 Å². The van der Waals surface area contributed by atoms with Gasteiger partial charge in [0.1, 0.15) is 46.0 Å². The van der Waals surface area contributed by atoms with Crippen molar-refractivity contribution in [1.82, 2.24) is 0 Å². The normalized spacial score (nSPS) is 17.5. The van der Waals surface area contributed by atoms with E-state index < -0.39 is 52.5 Å². The molecule has 7 rings (SSSR count). The third-order valence-corrected chi connectivity index (χ3v) is 10.1. The van der Waals surface area contributed by atoms with Crippen LogP contribution in [0.15, 0.2) is 127 Å². The molecule has 0 unspecified atom stereocenters. The van der Waals surface area contributed by atoms with Gasteiger partial charge >= 0.3 is 0 Å². The molecule has 0 heterocycles. The molecular formula is C45H34O12. The molecule has 0 amide bonds. The third kappa shape index (κ3) is 7.51. The highest BCUT2D eigenvalue weighted by Gasteiger charge is 2.58. The first-order valence-corrected chi connectivity index (χ1v) is 17.6. The second kappa shape index (κ2) is 15.2. The highest BCUT2D eigenvalue weighted by molar-refractivity contribution is 6.10. The molecule has 4 atom stereocenters. The van der Waals surface area contributed by atoms with Crippen molar-refractivity contribution < 1.29 is 60.0 Å². The molecule has 0 bridgehead atoms. The third-order valence-electron chi connectivity index (χ3n) is 10.1. The summed E-state index contributed by atoms with van der Waals surface area (Å²) in [5, 5.41) is 82.0. The topological polar surface area (TPSA) is 222 Å². The Morgan fingerprint density at radius 2 is 0.912 bits per heavy atom. The van der Waals surface area contributed by atoms with Gasteiger partial charge in [0.25, 0.3) is 0 Å². The van der Waals surface area contributed by atoms with Gasteiger partial charge in [-0.2, -0.15) is 0 Å². The lowest BCUT2D eigenvalue weighted by Gasteiger charge is -2.51. The summed E-state index contributed by atoms with van der Waals surface area (Å²) in [5.74, 6) is -7.66. The average molecular weight is 767 g/mol. The molecular weight excluding hydrogens is 732 g/mol. The molecule has 286 valence electrons. The number of benzene rings is 6. The fraction of sp³-hybridized carbons (Fsp3) is 0.0889. The number of carbonyl (C=O) groups excluding carboxylic acids is 3. The zero-order valence-electron chi connectivity index (χ0n) is 29.7. The summed E-state index contributed by atoms with van der Waals surface area (Å²) in [6.07, 6.45) is 2.80. The number of Topliss-reactive ketones (excluding diaryl/α,β-unsaturated/α-hetero) is 2. The van der Waals surface area contributed by atoms with E-state index >= 15 is 0 Å². The van der Waals surface area contributed by atoms with Crippen molar-refractivity contribution in [2.45, 2.75) is 11.8 Å². The van der Waals surface area contributed by atoms with Crippen LogP contribution < -0.4 is 4.74 Å². The van der Waals surface area contributed by atoms with Crippen molar-refractivity contribution in [2.24, 2.45) is 11.8 Å². The van der Waals surface area contributed by atoms with E-state index in [-0.39, 0.29) is 56.9 Å². The minimum absolute atomic E-state index is 0.0205. The fourth-order valence-corrected chi connectivity index (χ4v) is 7.33. The van der Waals surface area contributed by atoms with Gasteiger partial charge in [-0.1, -0.05) is 36.4 Å². The van der Waals surface area contributed by atoms with E-state index in [4.69, 9.17) is 4.74 Å². The van der Waals surface area contributed by atoms with Crippen LogP contribution in [-0.2, 0) is 0 Å². The molecule has 6 aromatic rings. The predicted molar refractivity (Wildman–Crippen MR) is 207 cm³/mol.